The highest BCUT2D eigenvalue weighted by atomic mass is 16.1. The lowest BCUT2D eigenvalue weighted by molar-refractivity contribution is -0.119. The molecular formula is C9H15N5O. The highest BCUT2D eigenvalue weighted by Crippen LogP contribution is 2.24. The van der Waals surface area contributed by atoms with E-state index in [0.717, 1.165) is 12.2 Å². The number of aromatic nitrogens is 4. The summed E-state index contributed by atoms with van der Waals surface area (Å²) in [5.41, 5.74) is -0.161. The Labute approximate surface area is 88.0 Å². The van der Waals surface area contributed by atoms with Gasteiger partial charge in [-0.1, -0.05) is 0 Å². The Morgan fingerprint density at radius 3 is 2.73 bits per heavy atom. The number of tetrazole rings is 1. The molecule has 1 aliphatic heterocycles. The van der Waals surface area contributed by atoms with Crippen LogP contribution >= 0.6 is 0 Å². The smallest absolute Gasteiger partial charge is 0.220 e. The number of carbonyl (C=O) groups is 1. The standard InChI is InChI=1S/C9H15N5O/c1-9(2,3)14-8(11-12-13-14)6-4-5-7(15)10-6/h6H,4-5H2,1-3H3,(H,10,15)/t6-/m1/s1. The average Bonchev–Trinajstić information content (AvgIpc) is 2.68. The van der Waals surface area contributed by atoms with Crippen molar-refractivity contribution in [2.45, 2.75) is 45.2 Å². The van der Waals surface area contributed by atoms with Gasteiger partial charge in [0.2, 0.25) is 5.91 Å². The molecule has 1 N–H and O–H groups in total. The molecule has 0 aromatic carbocycles. The van der Waals surface area contributed by atoms with Gasteiger partial charge in [0.15, 0.2) is 5.82 Å². The van der Waals surface area contributed by atoms with E-state index in [1.54, 1.807) is 4.68 Å². The Morgan fingerprint density at radius 1 is 1.47 bits per heavy atom. The molecule has 2 rings (SSSR count). The van der Waals surface area contributed by atoms with Crippen molar-refractivity contribution in [1.29, 1.82) is 0 Å². The van der Waals surface area contributed by atoms with Gasteiger partial charge >= 0.3 is 0 Å². The topological polar surface area (TPSA) is 72.7 Å². The lowest BCUT2D eigenvalue weighted by atomic mass is 10.1. The van der Waals surface area contributed by atoms with Crippen LogP contribution in [0.5, 0.6) is 0 Å². The first kappa shape index (κ1) is 10.1. The van der Waals surface area contributed by atoms with Crippen molar-refractivity contribution < 1.29 is 4.79 Å². The fraction of sp³-hybridized carbons (Fsp3) is 0.778. The van der Waals surface area contributed by atoms with Crippen molar-refractivity contribution >= 4 is 5.91 Å². The average molecular weight is 209 g/mol. The molecule has 1 fully saturated rings. The molecular weight excluding hydrogens is 194 g/mol. The predicted octanol–water partition coefficient (Wildman–Crippen LogP) is 0.379. The van der Waals surface area contributed by atoms with Crippen molar-refractivity contribution in [3.63, 3.8) is 0 Å². The van der Waals surface area contributed by atoms with Crippen molar-refractivity contribution in [1.82, 2.24) is 25.5 Å². The number of rotatable bonds is 1. The van der Waals surface area contributed by atoms with Gasteiger partial charge in [-0.05, 0) is 37.6 Å². The maximum Gasteiger partial charge on any atom is 0.220 e. The lowest BCUT2D eigenvalue weighted by Crippen LogP contribution is -2.30. The molecule has 0 aliphatic carbocycles. The van der Waals surface area contributed by atoms with E-state index in [4.69, 9.17) is 0 Å². The highest BCUT2D eigenvalue weighted by molar-refractivity contribution is 5.78. The second kappa shape index (κ2) is 3.29. The van der Waals surface area contributed by atoms with Crippen LogP contribution < -0.4 is 5.32 Å². The zero-order valence-corrected chi connectivity index (χ0v) is 9.19. The molecule has 1 atom stereocenters. The lowest BCUT2D eigenvalue weighted by Gasteiger charge is -2.21. The van der Waals surface area contributed by atoms with Gasteiger partial charge in [0.1, 0.15) is 0 Å². The quantitative estimate of drug-likeness (QED) is 0.725. The Balaban J connectivity index is 2.29. The molecule has 1 aromatic heterocycles. The summed E-state index contributed by atoms with van der Waals surface area (Å²) >= 11 is 0. The van der Waals surface area contributed by atoms with Crippen LogP contribution in [0.15, 0.2) is 0 Å². The fourth-order valence-corrected chi connectivity index (χ4v) is 1.70. The summed E-state index contributed by atoms with van der Waals surface area (Å²) in [7, 11) is 0. The summed E-state index contributed by atoms with van der Waals surface area (Å²) in [6.07, 6.45) is 1.33. The van der Waals surface area contributed by atoms with Crippen LogP contribution in [0.25, 0.3) is 0 Å². The molecule has 2 heterocycles. The Hall–Kier alpha value is -1.46. The SMILES string of the molecule is CC(C)(C)n1nnnc1[C@H]1CCC(=O)N1. The van der Waals surface area contributed by atoms with Gasteiger partial charge in [-0.25, -0.2) is 4.68 Å². The minimum absolute atomic E-state index is 0.0354. The van der Waals surface area contributed by atoms with Crippen LogP contribution in [0.3, 0.4) is 0 Å². The zero-order chi connectivity index (χ0) is 11.1. The third-order valence-corrected chi connectivity index (χ3v) is 2.44. The number of hydrogen-bond donors (Lipinski definition) is 1. The molecule has 6 heteroatoms. The predicted molar refractivity (Wildman–Crippen MR) is 52.9 cm³/mol. The molecule has 0 unspecified atom stereocenters. The maximum atomic E-state index is 11.1. The third-order valence-electron chi connectivity index (χ3n) is 2.44. The molecule has 0 spiro atoms. The van der Waals surface area contributed by atoms with Gasteiger partial charge in [-0.15, -0.1) is 5.10 Å². The number of hydrogen-bond acceptors (Lipinski definition) is 4. The van der Waals surface area contributed by atoms with Crippen LogP contribution in [0, 0.1) is 0 Å². The normalized spacial score (nSPS) is 21.8. The number of nitrogens with zero attached hydrogens (tertiary/aromatic N) is 4. The van der Waals surface area contributed by atoms with E-state index in [1.807, 2.05) is 20.8 Å². The first-order valence-electron chi connectivity index (χ1n) is 5.06. The van der Waals surface area contributed by atoms with Crippen molar-refractivity contribution in [3.8, 4) is 0 Å². The summed E-state index contributed by atoms with van der Waals surface area (Å²) in [5, 5.41) is 14.5. The maximum absolute atomic E-state index is 11.1. The Kier molecular flexibility index (Phi) is 2.21. The first-order valence-corrected chi connectivity index (χ1v) is 5.06. The second-order valence-corrected chi connectivity index (χ2v) is 4.78. The molecule has 0 bridgehead atoms. The van der Waals surface area contributed by atoms with Crippen LogP contribution in [-0.4, -0.2) is 26.1 Å². The fourth-order valence-electron chi connectivity index (χ4n) is 1.70. The summed E-state index contributed by atoms with van der Waals surface area (Å²) in [5.74, 6) is 0.816. The summed E-state index contributed by atoms with van der Waals surface area (Å²) in [4.78, 5) is 11.1. The zero-order valence-electron chi connectivity index (χ0n) is 9.19. The van der Waals surface area contributed by atoms with Crippen molar-refractivity contribution in [2.24, 2.45) is 0 Å². The van der Waals surface area contributed by atoms with Crippen LogP contribution in [0.2, 0.25) is 0 Å². The molecule has 1 aromatic rings. The molecule has 1 aliphatic rings. The highest BCUT2D eigenvalue weighted by Gasteiger charge is 2.30. The Bertz CT molecular complexity index is 378. The summed E-state index contributed by atoms with van der Waals surface area (Å²) in [6, 6.07) is -0.0354. The molecule has 1 amide bonds. The van der Waals surface area contributed by atoms with Crippen LogP contribution in [0.1, 0.15) is 45.5 Å². The minimum Gasteiger partial charge on any atom is -0.346 e. The van der Waals surface area contributed by atoms with Gasteiger partial charge in [0.25, 0.3) is 0 Å². The van der Waals surface area contributed by atoms with E-state index in [9.17, 15) is 4.79 Å². The first-order chi connectivity index (χ1) is 6.98. The molecule has 82 valence electrons. The Morgan fingerprint density at radius 2 is 2.20 bits per heavy atom. The summed E-state index contributed by atoms with van der Waals surface area (Å²) < 4.78 is 1.77. The van der Waals surface area contributed by atoms with Gasteiger partial charge in [0.05, 0.1) is 11.6 Å². The van der Waals surface area contributed by atoms with E-state index in [-0.39, 0.29) is 17.5 Å². The monoisotopic (exact) mass is 209 g/mol. The van der Waals surface area contributed by atoms with E-state index in [0.29, 0.717) is 6.42 Å². The van der Waals surface area contributed by atoms with E-state index < -0.39 is 0 Å². The van der Waals surface area contributed by atoms with E-state index >= 15 is 0 Å². The molecule has 0 saturated carbocycles. The molecule has 6 nitrogen and oxygen atoms in total. The molecule has 1 saturated heterocycles. The van der Waals surface area contributed by atoms with Gasteiger partial charge < -0.3 is 5.32 Å². The van der Waals surface area contributed by atoms with Gasteiger partial charge in [-0.3, -0.25) is 4.79 Å². The number of nitrogens with one attached hydrogen (secondary N) is 1. The van der Waals surface area contributed by atoms with E-state index in [2.05, 4.69) is 20.8 Å². The minimum atomic E-state index is -0.161. The molecule has 0 radical (unpaired) electrons. The van der Waals surface area contributed by atoms with E-state index in [1.165, 1.54) is 0 Å². The van der Waals surface area contributed by atoms with Crippen LogP contribution in [-0.2, 0) is 10.3 Å². The van der Waals surface area contributed by atoms with Crippen molar-refractivity contribution in [2.75, 3.05) is 0 Å². The third kappa shape index (κ3) is 1.84. The molecule has 15 heavy (non-hydrogen) atoms. The van der Waals surface area contributed by atoms with Crippen LogP contribution in [0.4, 0.5) is 0 Å². The second-order valence-electron chi connectivity index (χ2n) is 4.78. The largest absolute Gasteiger partial charge is 0.346 e. The summed E-state index contributed by atoms with van der Waals surface area (Å²) in [6.45, 7) is 6.09. The van der Waals surface area contributed by atoms with Crippen molar-refractivity contribution in [3.05, 3.63) is 5.82 Å². The number of carbonyl (C=O) groups excluding carboxylic acids is 1. The van der Waals surface area contributed by atoms with Gasteiger partial charge in [-0.2, -0.15) is 0 Å². The van der Waals surface area contributed by atoms with Gasteiger partial charge in [0, 0.05) is 6.42 Å². The number of amides is 1.